The lowest BCUT2D eigenvalue weighted by molar-refractivity contribution is -0.125. The van der Waals surface area contributed by atoms with E-state index in [0.717, 1.165) is 34.9 Å². The topological polar surface area (TPSA) is 59.6 Å². The van der Waals surface area contributed by atoms with Gasteiger partial charge in [0.15, 0.2) is 5.75 Å². The lowest BCUT2D eigenvalue weighted by Crippen LogP contribution is -2.41. The molecule has 110 valence electrons. The third-order valence-corrected chi connectivity index (χ3v) is 4.94. The summed E-state index contributed by atoms with van der Waals surface area (Å²) in [5.41, 5.74) is 2.16. The van der Waals surface area contributed by atoms with E-state index in [-0.39, 0.29) is 11.8 Å². The molecule has 22 heavy (non-hydrogen) atoms. The van der Waals surface area contributed by atoms with Gasteiger partial charge in [-0.1, -0.05) is 12.2 Å². The molecule has 0 aromatic heterocycles. The summed E-state index contributed by atoms with van der Waals surface area (Å²) in [5.74, 6) is 1.60. The number of benzene rings is 1. The van der Waals surface area contributed by atoms with Gasteiger partial charge in [0, 0.05) is 29.4 Å². The predicted octanol–water partition coefficient (Wildman–Crippen LogP) is 2.18. The van der Waals surface area contributed by atoms with Gasteiger partial charge in [-0.2, -0.15) is 0 Å². The van der Waals surface area contributed by atoms with E-state index in [2.05, 4.69) is 16.7 Å². The Labute approximate surface area is 127 Å². The van der Waals surface area contributed by atoms with Crippen molar-refractivity contribution in [3.63, 3.8) is 0 Å². The normalized spacial score (nSPS) is 29.7. The average Bonchev–Trinajstić information content (AvgIpc) is 3.06. The molecule has 5 rings (SSSR count). The van der Waals surface area contributed by atoms with E-state index in [1.54, 1.807) is 12.5 Å². The number of anilines is 1. The number of carbonyl (C=O) groups is 1. The van der Waals surface area contributed by atoms with Crippen molar-refractivity contribution >= 4 is 11.6 Å². The monoisotopic (exact) mass is 294 g/mol. The maximum absolute atomic E-state index is 12.8. The smallest absolute Gasteiger partial charge is 0.239 e. The molecule has 5 nitrogen and oxygen atoms in total. The first-order chi connectivity index (χ1) is 10.8. The fourth-order valence-corrected chi connectivity index (χ4v) is 3.84. The number of fused-ring (bicyclic) bond motifs is 5. The van der Waals surface area contributed by atoms with Crippen LogP contribution in [-0.2, 0) is 10.2 Å². The van der Waals surface area contributed by atoms with Gasteiger partial charge in [-0.25, -0.2) is 0 Å². The number of allylic oxidation sites excluding steroid dienone is 4. The second kappa shape index (κ2) is 3.94. The van der Waals surface area contributed by atoms with Crippen LogP contribution in [0.1, 0.15) is 12.0 Å². The maximum Gasteiger partial charge on any atom is 0.239 e. The molecule has 0 saturated carbocycles. The summed E-state index contributed by atoms with van der Waals surface area (Å²) < 4.78 is 11.4. The van der Waals surface area contributed by atoms with Crippen molar-refractivity contribution in [2.45, 2.75) is 11.8 Å². The molecule has 3 aliphatic heterocycles. The molecule has 4 aliphatic rings. The zero-order valence-electron chi connectivity index (χ0n) is 11.8. The van der Waals surface area contributed by atoms with Gasteiger partial charge in [-0.15, -0.1) is 0 Å². The molecule has 1 aromatic rings. The molecule has 1 amide bonds. The number of nitrogens with one attached hydrogen (secondary N) is 2. The highest BCUT2D eigenvalue weighted by Crippen LogP contribution is 2.53. The first-order valence-corrected chi connectivity index (χ1v) is 7.37. The minimum absolute atomic E-state index is 0.0263. The Hall–Kier alpha value is -2.69. The summed E-state index contributed by atoms with van der Waals surface area (Å²) in [6.07, 6.45) is 10.3. The molecule has 0 bridgehead atoms. The summed E-state index contributed by atoms with van der Waals surface area (Å²) in [6.45, 7) is 0.375. The van der Waals surface area contributed by atoms with Crippen molar-refractivity contribution in [2.75, 3.05) is 11.9 Å². The van der Waals surface area contributed by atoms with E-state index in [1.165, 1.54) is 0 Å². The van der Waals surface area contributed by atoms with Crippen LogP contribution < -0.4 is 20.1 Å². The molecule has 2 unspecified atom stereocenters. The number of ether oxygens (including phenoxy) is 2. The van der Waals surface area contributed by atoms with E-state index in [0.29, 0.717) is 6.61 Å². The standard InChI is InChI=1S/C17H14N2O3/c20-16-17(10-3-1-2-4-12(10)19-16)9-22-14-8-15-13(7-11(14)17)18-5-6-21-15/h1-2,4-8,10,18H,3,9H2,(H,19,20). The minimum Gasteiger partial charge on any atom is -0.492 e. The Bertz CT molecular complexity index is 793. The molecule has 3 heterocycles. The van der Waals surface area contributed by atoms with Crippen molar-refractivity contribution in [1.82, 2.24) is 5.32 Å². The summed E-state index contributed by atoms with van der Waals surface area (Å²) in [7, 11) is 0. The Morgan fingerprint density at radius 2 is 2.23 bits per heavy atom. The van der Waals surface area contributed by atoms with Gasteiger partial charge in [0.1, 0.15) is 24.0 Å². The van der Waals surface area contributed by atoms with E-state index in [1.807, 2.05) is 24.3 Å². The fourth-order valence-electron chi connectivity index (χ4n) is 3.84. The molecule has 1 saturated heterocycles. The molecule has 1 aliphatic carbocycles. The fraction of sp³-hybridized carbons (Fsp3) is 0.235. The molecule has 2 atom stereocenters. The molecule has 1 aromatic carbocycles. The van der Waals surface area contributed by atoms with Crippen molar-refractivity contribution in [1.29, 1.82) is 0 Å². The first kappa shape index (κ1) is 11.9. The lowest BCUT2D eigenvalue weighted by atomic mass is 9.70. The Morgan fingerprint density at radius 3 is 3.18 bits per heavy atom. The Morgan fingerprint density at radius 1 is 1.27 bits per heavy atom. The molecule has 1 fully saturated rings. The quantitative estimate of drug-likeness (QED) is 0.770. The number of hydrogen-bond donors (Lipinski definition) is 2. The van der Waals surface area contributed by atoms with Crippen LogP contribution in [0.15, 0.2) is 48.5 Å². The number of hydrogen-bond acceptors (Lipinski definition) is 4. The van der Waals surface area contributed by atoms with Crippen LogP contribution in [0.4, 0.5) is 5.69 Å². The third kappa shape index (κ3) is 1.31. The molecular formula is C17H14N2O3. The maximum atomic E-state index is 12.8. The predicted molar refractivity (Wildman–Crippen MR) is 80.5 cm³/mol. The lowest BCUT2D eigenvalue weighted by Gasteiger charge is -2.27. The highest BCUT2D eigenvalue weighted by atomic mass is 16.5. The molecule has 2 N–H and O–H groups in total. The highest BCUT2D eigenvalue weighted by Gasteiger charge is 2.58. The van der Waals surface area contributed by atoms with Crippen LogP contribution in [0.25, 0.3) is 0 Å². The molecular weight excluding hydrogens is 280 g/mol. The largest absolute Gasteiger partial charge is 0.492 e. The second-order valence-corrected chi connectivity index (χ2v) is 5.96. The highest BCUT2D eigenvalue weighted by molar-refractivity contribution is 5.96. The van der Waals surface area contributed by atoms with E-state index >= 15 is 0 Å². The van der Waals surface area contributed by atoms with E-state index in [9.17, 15) is 4.79 Å². The molecule has 0 radical (unpaired) electrons. The molecule has 5 heteroatoms. The van der Waals surface area contributed by atoms with Crippen LogP contribution in [0.2, 0.25) is 0 Å². The van der Waals surface area contributed by atoms with Gasteiger partial charge in [0.25, 0.3) is 0 Å². The first-order valence-electron chi connectivity index (χ1n) is 7.37. The summed E-state index contributed by atoms with van der Waals surface area (Å²) >= 11 is 0. The van der Waals surface area contributed by atoms with E-state index < -0.39 is 5.41 Å². The van der Waals surface area contributed by atoms with Crippen molar-refractivity contribution in [3.8, 4) is 11.5 Å². The Kier molecular flexibility index (Phi) is 2.13. The van der Waals surface area contributed by atoms with Crippen molar-refractivity contribution < 1.29 is 14.3 Å². The van der Waals surface area contributed by atoms with Gasteiger partial charge in [-0.05, 0) is 18.6 Å². The van der Waals surface area contributed by atoms with Gasteiger partial charge in [0.05, 0.1) is 5.69 Å². The van der Waals surface area contributed by atoms with Crippen molar-refractivity contribution in [3.05, 3.63) is 54.1 Å². The van der Waals surface area contributed by atoms with Gasteiger partial charge in [-0.3, -0.25) is 4.79 Å². The summed E-state index contributed by atoms with van der Waals surface area (Å²) in [5, 5.41) is 6.20. The zero-order chi connectivity index (χ0) is 14.7. The van der Waals surface area contributed by atoms with Crippen LogP contribution in [0.3, 0.4) is 0 Å². The van der Waals surface area contributed by atoms with Crippen LogP contribution in [-0.4, -0.2) is 12.5 Å². The zero-order valence-corrected chi connectivity index (χ0v) is 11.8. The Balaban J connectivity index is 1.69. The number of carbonyl (C=O) groups excluding carboxylic acids is 1. The van der Waals surface area contributed by atoms with Gasteiger partial charge in [0.2, 0.25) is 5.91 Å². The minimum atomic E-state index is -0.635. The third-order valence-electron chi connectivity index (χ3n) is 4.94. The van der Waals surface area contributed by atoms with E-state index in [4.69, 9.17) is 9.47 Å². The van der Waals surface area contributed by atoms with Gasteiger partial charge >= 0.3 is 0 Å². The van der Waals surface area contributed by atoms with Crippen LogP contribution in [0.5, 0.6) is 11.5 Å². The average molecular weight is 294 g/mol. The van der Waals surface area contributed by atoms with Crippen LogP contribution >= 0.6 is 0 Å². The molecule has 1 spiro atoms. The number of amides is 1. The SMILES string of the molecule is O=C1NC2=CC=CCC2C12COc1cc3c(cc12)NC=CO3. The summed E-state index contributed by atoms with van der Waals surface area (Å²) in [4.78, 5) is 12.8. The second-order valence-electron chi connectivity index (χ2n) is 5.96. The summed E-state index contributed by atoms with van der Waals surface area (Å²) in [6, 6.07) is 3.85. The number of rotatable bonds is 0. The van der Waals surface area contributed by atoms with Gasteiger partial charge < -0.3 is 20.1 Å². The van der Waals surface area contributed by atoms with Crippen LogP contribution in [0, 0.1) is 5.92 Å². The van der Waals surface area contributed by atoms with Crippen molar-refractivity contribution in [2.24, 2.45) is 5.92 Å².